The SMILES string of the molecule is C=C1C[C@@]23CCC4[C@](C)(C(=O)OC5OC(CO)C(O)C(OC6OC(CO)C(O)CC6O)C5OC5OC(CO)C(O)C(O)C5O)CCC[C@@]4(C)[C@@H]2CC[C@]1(OC1OC(CO)C(O)C(O)C1O)C3. The summed E-state index contributed by atoms with van der Waals surface area (Å²) in [6.45, 7) is 5.55. The standard InChI is InChI=1S/C44H70O22/c1-18-12-43-9-5-25-41(2,26(43)6-10-44(18,17-43)66-38-33(57)31(55)28(52)23(15-47)61-38)7-4-8-42(25,3)40(58)65-39-35(64-37-32(56)30(54)27(51)22(14-46)60-37)34(29(53)24(16-48)62-39)63-36-20(50)11-19(49)21(13-45)59-36/h19-39,45-57H,1,4-17H2,2-3H3/t19?,20?,21?,22?,23?,24?,25?,26-,27?,28?,29?,30?,31?,32?,33?,34?,35?,36?,37?,38?,39?,41+,42+,43+,44-/m0/s1. The lowest BCUT2D eigenvalue weighted by atomic mass is 9.41. The number of carbonyl (C=O) groups is 1. The van der Waals surface area contributed by atoms with Gasteiger partial charge < -0.3 is 104 Å². The molecule has 0 aromatic carbocycles. The molecule has 4 heterocycles. The number of carbonyl (C=O) groups excluding carboxylic acids is 1. The number of esters is 1. The molecule has 1 spiro atoms. The van der Waals surface area contributed by atoms with E-state index >= 15 is 4.79 Å². The Hall–Kier alpha value is -1.59. The summed E-state index contributed by atoms with van der Waals surface area (Å²) in [5.41, 5.74) is -1.99. The van der Waals surface area contributed by atoms with E-state index in [-0.39, 0.29) is 23.7 Å². The highest BCUT2D eigenvalue weighted by Gasteiger charge is 2.69. The van der Waals surface area contributed by atoms with Gasteiger partial charge in [-0.25, -0.2) is 0 Å². The van der Waals surface area contributed by atoms with Gasteiger partial charge in [-0.1, -0.05) is 19.9 Å². The summed E-state index contributed by atoms with van der Waals surface area (Å²) in [6, 6.07) is 0. The molecule has 0 aromatic rings. The minimum atomic E-state index is -1.97. The third-order valence-corrected chi connectivity index (χ3v) is 17.0. The number of aliphatic hydroxyl groups is 13. The number of rotatable bonds is 12. The topological polar surface area (TPSA) is 354 Å². The third-order valence-electron chi connectivity index (χ3n) is 17.0. The first-order valence-corrected chi connectivity index (χ1v) is 23.3. The molecule has 4 saturated carbocycles. The Balaban J connectivity index is 1.05. The molecule has 13 N–H and O–H groups in total. The zero-order valence-electron chi connectivity index (χ0n) is 37.2. The van der Waals surface area contributed by atoms with E-state index in [2.05, 4.69) is 13.5 Å². The highest BCUT2D eigenvalue weighted by atomic mass is 16.8. The molecule has 4 aliphatic heterocycles. The van der Waals surface area contributed by atoms with Gasteiger partial charge in [0, 0.05) is 6.42 Å². The first-order valence-electron chi connectivity index (χ1n) is 23.3. The van der Waals surface area contributed by atoms with E-state index in [4.69, 9.17) is 37.9 Å². The van der Waals surface area contributed by atoms with Crippen LogP contribution in [0.3, 0.4) is 0 Å². The van der Waals surface area contributed by atoms with E-state index < -0.39 is 166 Å². The fourth-order valence-electron chi connectivity index (χ4n) is 13.5. The highest BCUT2D eigenvalue weighted by molar-refractivity contribution is 5.77. The van der Waals surface area contributed by atoms with Crippen molar-refractivity contribution in [3.05, 3.63) is 12.2 Å². The van der Waals surface area contributed by atoms with Crippen molar-refractivity contribution >= 4 is 5.97 Å². The minimum Gasteiger partial charge on any atom is -0.432 e. The van der Waals surface area contributed by atoms with Crippen molar-refractivity contribution in [2.75, 3.05) is 26.4 Å². The van der Waals surface area contributed by atoms with Crippen LogP contribution in [-0.4, -0.2) is 221 Å². The van der Waals surface area contributed by atoms with E-state index in [9.17, 15) is 66.4 Å². The van der Waals surface area contributed by atoms with Gasteiger partial charge in [-0.2, -0.15) is 0 Å². The Morgan fingerprint density at radius 1 is 0.606 bits per heavy atom. The van der Waals surface area contributed by atoms with Crippen LogP contribution >= 0.6 is 0 Å². The summed E-state index contributed by atoms with van der Waals surface area (Å²) in [6.07, 6.45) is -25.3. The van der Waals surface area contributed by atoms with Crippen molar-refractivity contribution in [2.45, 2.75) is 200 Å². The number of aliphatic hydroxyl groups excluding tert-OH is 13. The van der Waals surface area contributed by atoms with Crippen molar-refractivity contribution in [2.24, 2.45) is 28.1 Å². The normalized spacial score (nSPS) is 54.0. The quantitative estimate of drug-likeness (QED) is 0.0503. The Bertz CT molecular complexity index is 1720. The molecule has 0 radical (unpaired) electrons. The van der Waals surface area contributed by atoms with Crippen LogP contribution < -0.4 is 0 Å². The molecule has 8 fully saturated rings. The first kappa shape index (κ1) is 50.8. The van der Waals surface area contributed by atoms with E-state index in [1.165, 1.54) is 0 Å². The Morgan fingerprint density at radius 3 is 1.79 bits per heavy atom. The zero-order chi connectivity index (χ0) is 47.8. The largest absolute Gasteiger partial charge is 0.432 e. The molecule has 22 heteroatoms. The Labute approximate surface area is 381 Å². The van der Waals surface area contributed by atoms with Crippen molar-refractivity contribution in [1.29, 1.82) is 0 Å². The van der Waals surface area contributed by atoms with Gasteiger partial charge in [-0.15, -0.1) is 0 Å². The molecule has 20 unspecified atom stereocenters. The Morgan fingerprint density at radius 2 is 1.15 bits per heavy atom. The van der Waals surface area contributed by atoms with Crippen LogP contribution in [0.2, 0.25) is 0 Å². The monoisotopic (exact) mass is 950 g/mol. The second kappa shape index (κ2) is 19.2. The maximum Gasteiger partial charge on any atom is 0.314 e. The average Bonchev–Trinajstić information content (AvgIpc) is 3.48. The third kappa shape index (κ3) is 8.50. The zero-order valence-corrected chi connectivity index (χ0v) is 37.2. The number of fused-ring (bicyclic) bond motifs is 3. The van der Waals surface area contributed by atoms with Crippen LogP contribution in [0.1, 0.15) is 78.1 Å². The molecular formula is C44H70O22. The average molecular weight is 951 g/mol. The van der Waals surface area contributed by atoms with Gasteiger partial charge in [-0.05, 0) is 86.5 Å². The fraction of sp³-hybridized carbons (Fsp3) is 0.932. The molecule has 0 aromatic heterocycles. The van der Waals surface area contributed by atoms with Gasteiger partial charge >= 0.3 is 5.97 Å². The van der Waals surface area contributed by atoms with E-state index in [1.807, 2.05) is 6.92 Å². The van der Waals surface area contributed by atoms with Gasteiger partial charge in [-0.3, -0.25) is 4.79 Å². The smallest absolute Gasteiger partial charge is 0.314 e. The van der Waals surface area contributed by atoms with Crippen LogP contribution in [-0.2, 0) is 42.7 Å². The van der Waals surface area contributed by atoms with Crippen LogP contribution in [0, 0.1) is 28.1 Å². The van der Waals surface area contributed by atoms with Crippen molar-refractivity contribution in [3.8, 4) is 0 Å². The van der Waals surface area contributed by atoms with E-state index in [0.29, 0.717) is 51.4 Å². The molecule has 8 aliphatic rings. The molecule has 0 amide bonds. The van der Waals surface area contributed by atoms with Crippen LogP contribution in [0.5, 0.6) is 0 Å². The first-order chi connectivity index (χ1) is 31.2. The van der Waals surface area contributed by atoms with Gasteiger partial charge in [0.2, 0.25) is 6.29 Å². The van der Waals surface area contributed by atoms with Gasteiger partial charge in [0.1, 0.15) is 79.4 Å². The summed E-state index contributed by atoms with van der Waals surface area (Å²) in [4.78, 5) is 15.0. The highest BCUT2D eigenvalue weighted by Crippen LogP contribution is 2.73. The van der Waals surface area contributed by atoms with E-state index in [1.54, 1.807) is 0 Å². The predicted molar refractivity (Wildman–Crippen MR) is 218 cm³/mol. The molecule has 8 rings (SSSR count). The molecule has 25 atom stereocenters. The fourth-order valence-corrected chi connectivity index (χ4v) is 13.5. The molecule has 378 valence electrons. The molecule has 4 aliphatic carbocycles. The Kier molecular flexibility index (Phi) is 14.8. The molecule has 22 nitrogen and oxygen atoms in total. The van der Waals surface area contributed by atoms with Crippen molar-refractivity contribution in [1.82, 2.24) is 0 Å². The minimum absolute atomic E-state index is 0.0741. The van der Waals surface area contributed by atoms with Gasteiger partial charge in [0.05, 0.1) is 43.5 Å². The lowest BCUT2D eigenvalue weighted by Gasteiger charge is -2.64. The number of hydrogen-bond donors (Lipinski definition) is 13. The van der Waals surface area contributed by atoms with E-state index in [0.717, 1.165) is 12.0 Å². The molecule has 4 saturated heterocycles. The van der Waals surface area contributed by atoms with Crippen LogP contribution in [0.25, 0.3) is 0 Å². The number of ether oxygens (including phenoxy) is 8. The summed E-state index contributed by atoms with van der Waals surface area (Å²) in [5, 5.41) is 137. The van der Waals surface area contributed by atoms with Crippen LogP contribution in [0.4, 0.5) is 0 Å². The van der Waals surface area contributed by atoms with Crippen LogP contribution in [0.15, 0.2) is 12.2 Å². The van der Waals surface area contributed by atoms with Gasteiger partial charge in [0.15, 0.2) is 25.0 Å². The summed E-state index contributed by atoms with van der Waals surface area (Å²) in [5.74, 6) is -0.884. The summed E-state index contributed by atoms with van der Waals surface area (Å²) < 4.78 is 48.1. The second-order valence-electron chi connectivity index (χ2n) is 20.7. The summed E-state index contributed by atoms with van der Waals surface area (Å²) in [7, 11) is 0. The molecule has 66 heavy (non-hydrogen) atoms. The molecule has 2 bridgehead atoms. The second-order valence-corrected chi connectivity index (χ2v) is 20.7. The lowest BCUT2D eigenvalue weighted by Crippen LogP contribution is -2.67. The van der Waals surface area contributed by atoms with Crippen molar-refractivity contribution < 1.29 is 109 Å². The lowest BCUT2D eigenvalue weighted by molar-refractivity contribution is -0.384. The maximum absolute atomic E-state index is 15.0. The maximum atomic E-state index is 15.0. The predicted octanol–water partition coefficient (Wildman–Crippen LogP) is -4.08. The number of hydrogen-bond acceptors (Lipinski definition) is 22. The van der Waals surface area contributed by atoms with Crippen molar-refractivity contribution in [3.63, 3.8) is 0 Å². The van der Waals surface area contributed by atoms with Gasteiger partial charge in [0.25, 0.3) is 0 Å². The molecular weight excluding hydrogens is 880 g/mol. The summed E-state index contributed by atoms with van der Waals surface area (Å²) >= 11 is 0.